The van der Waals surface area contributed by atoms with Crippen molar-refractivity contribution in [1.82, 2.24) is 10.3 Å². The largest absolute Gasteiger partial charge is 0.481 e. The number of nitrogens with one attached hydrogen (secondary N) is 1. The maximum absolute atomic E-state index is 11.0. The van der Waals surface area contributed by atoms with Crippen molar-refractivity contribution in [2.45, 2.75) is 25.7 Å². The highest BCUT2D eigenvalue weighted by Gasteiger charge is 2.32. The number of carbonyl (C=O) groups is 1. The van der Waals surface area contributed by atoms with Gasteiger partial charge in [0.25, 0.3) is 0 Å². The van der Waals surface area contributed by atoms with Gasteiger partial charge < -0.3 is 10.4 Å². The average Bonchev–Trinajstić information content (AvgIpc) is 2.84. The molecular formula is C14H20N2O2. The summed E-state index contributed by atoms with van der Waals surface area (Å²) in [5.74, 6) is -0.473. The van der Waals surface area contributed by atoms with Crippen LogP contribution in [0.5, 0.6) is 0 Å². The highest BCUT2D eigenvalue weighted by Crippen LogP contribution is 2.31. The first-order valence-corrected chi connectivity index (χ1v) is 6.60. The van der Waals surface area contributed by atoms with Gasteiger partial charge in [0, 0.05) is 12.4 Å². The third-order valence-corrected chi connectivity index (χ3v) is 3.70. The minimum atomic E-state index is -0.633. The number of carboxylic acid groups (broad SMARTS) is 1. The molecule has 1 saturated carbocycles. The molecule has 0 saturated heterocycles. The van der Waals surface area contributed by atoms with Gasteiger partial charge in [-0.25, -0.2) is 0 Å². The topological polar surface area (TPSA) is 62.2 Å². The zero-order valence-corrected chi connectivity index (χ0v) is 10.5. The molecule has 1 aliphatic carbocycles. The standard InChI is InChI=1S/C14H20N2O2/c17-14(18)13-5-1-4-12(13)10-16-8-6-11-3-2-7-15-9-11/h2-3,7,9,12-13,16H,1,4-6,8,10H2,(H,17,18). The van der Waals surface area contributed by atoms with Gasteiger partial charge in [-0.3, -0.25) is 9.78 Å². The summed E-state index contributed by atoms with van der Waals surface area (Å²) in [6, 6.07) is 4.00. The lowest BCUT2D eigenvalue weighted by Crippen LogP contribution is -2.30. The Labute approximate surface area is 107 Å². The summed E-state index contributed by atoms with van der Waals surface area (Å²) in [7, 11) is 0. The Morgan fingerprint density at radius 3 is 3.11 bits per heavy atom. The predicted octanol–water partition coefficient (Wildman–Crippen LogP) is 1.71. The van der Waals surface area contributed by atoms with Gasteiger partial charge in [0.05, 0.1) is 5.92 Å². The van der Waals surface area contributed by atoms with E-state index in [-0.39, 0.29) is 5.92 Å². The first-order chi connectivity index (χ1) is 8.77. The van der Waals surface area contributed by atoms with Crippen LogP contribution < -0.4 is 5.32 Å². The molecule has 1 aromatic heterocycles. The molecule has 2 N–H and O–H groups in total. The van der Waals surface area contributed by atoms with E-state index >= 15 is 0 Å². The summed E-state index contributed by atoms with van der Waals surface area (Å²) in [5.41, 5.74) is 1.21. The molecule has 0 amide bonds. The quantitative estimate of drug-likeness (QED) is 0.752. The van der Waals surface area contributed by atoms with Gasteiger partial charge in [-0.05, 0) is 49.9 Å². The molecule has 0 spiro atoms. The van der Waals surface area contributed by atoms with Crippen molar-refractivity contribution in [2.24, 2.45) is 11.8 Å². The summed E-state index contributed by atoms with van der Waals surface area (Å²) in [6.45, 7) is 1.70. The summed E-state index contributed by atoms with van der Waals surface area (Å²) < 4.78 is 0. The number of aromatic nitrogens is 1. The Morgan fingerprint density at radius 1 is 1.50 bits per heavy atom. The minimum Gasteiger partial charge on any atom is -0.481 e. The van der Waals surface area contributed by atoms with Crippen LogP contribution in [0.2, 0.25) is 0 Å². The summed E-state index contributed by atoms with van der Waals surface area (Å²) in [6.07, 6.45) is 7.51. The molecule has 1 fully saturated rings. The fraction of sp³-hybridized carbons (Fsp3) is 0.571. The molecule has 0 aromatic carbocycles. The number of hydrogen-bond acceptors (Lipinski definition) is 3. The Morgan fingerprint density at radius 2 is 2.39 bits per heavy atom. The summed E-state index contributed by atoms with van der Waals surface area (Å²) in [5, 5.41) is 12.5. The van der Waals surface area contributed by atoms with Gasteiger partial charge in [-0.2, -0.15) is 0 Å². The fourth-order valence-electron chi connectivity index (χ4n) is 2.67. The van der Waals surface area contributed by atoms with Crippen molar-refractivity contribution in [3.8, 4) is 0 Å². The van der Waals surface area contributed by atoms with Crippen LogP contribution in [0.3, 0.4) is 0 Å². The zero-order valence-electron chi connectivity index (χ0n) is 10.5. The normalized spacial score (nSPS) is 23.1. The second-order valence-electron chi connectivity index (χ2n) is 4.95. The molecule has 2 atom stereocenters. The van der Waals surface area contributed by atoms with Crippen molar-refractivity contribution in [2.75, 3.05) is 13.1 Å². The molecule has 1 aliphatic rings. The molecular weight excluding hydrogens is 228 g/mol. The average molecular weight is 248 g/mol. The van der Waals surface area contributed by atoms with E-state index in [2.05, 4.69) is 16.4 Å². The molecule has 2 rings (SSSR count). The molecule has 18 heavy (non-hydrogen) atoms. The van der Waals surface area contributed by atoms with Crippen LogP contribution in [0.1, 0.15) is 24.8 Å². The van der Waals surface area contributed by atoms with Crippen molar-refractivity contribution in [3.63, 3.8) is 0 Å². The van der Waals surface area contributed by atoms with Gasteiger partial charge >= 0.3 is 5.97 Å². The van der Waals surface area contributed by atoms with E-state index in [0.717, 1.165) is 38.8 Å². The van der Waals surface area contributed by atoms with Gasteiger partial charge in [0.2, 0.25) is 0 Å². The van der Waals surface area contributed by atoms with Crippen LogP contribution in [0.25, 0.3) is 0 Å². The monoisotopic (exact) mass is 248 g/mol. The molecule has 1 aromatic rings. The lowest BCUT2D eigenvalue weighted by atomic mass is 9.96. The fourth-order valence-corrected chi connectivity index (χ4v) is 2.67. The van der Waals surface area contributed by atoms with E-state index in [1.165, 1.54) is 5.56 Å². The van der Waals surface area contributed by atoms with Gasteiger partial charge in [0.15, 0.2) is 0 Å². The molecule has 1 heterocycles. The Bertz CT molecular complexity index is 381. The highest BCUT2D eigenvalue weighted by atomic mass is 16.4. The molecule has 0 radical (unpaired) electrons. The number of nitrogens with zero attached hydrogens (tertiary/aromatic N) is 1. The SMILES string of the molecule is O=C(O)C1CCCC1CNCCc1cccnc1. The minimum absolute atomic E-state index is 0.143. The molecule has 0 bridgehead atoms. The highest BCUT2D eigenvalue weighted by molar-refractivity contribution is 5.70. The van der Waals surface area contributed by atoms with E-state index in [0.29, 0.717) is 5.92 Å². The maximum atomic E-state index is 11.0. The van der Waals surface area contributed by atoms with Gasteiger partial charge in [0.1, 0.15) is 0 Å². The van der Waals surface area contributed by atoms with Crippen LogP contribution in [-0.4, -0.2) is 29.1 Å². The van der Waals surface area contributed by atoms with Crippen molar-refractivity contribution >= 4 is 5.97 Å². The molecule has 0 aliphatic heterocycles. The molecule has 4 nitrogen and oxygen atoms in total. The molecule has 4 heteroatoms. The first-order valence-electron chi connectivity index (χ1n) is 6.60. The number of hydrogen-bond donors (Lipinski definition) is 2. The third kappa shape index (κ3) is 3.53. The Hall–Kier alpha value is -1.42. The summed E-state index contributed by atoms with van der Waals surface area (Å²) >= 11 is 0. The van der Waals surface area contributed by atoms with E-state index in [9.17, 15) is 4.79 Å². The van der Waals surface area contributed by atoms with E-state index in [4.69, 9.17) is 5.11 Å². The van der Waals surface area contributed by atoms with Crippen LogP contribution in [0.15, 0.2) is 24.5 Å². The van der Waals surface area contributed by atoms with E-state index in [1.54, 1.807) is 6.20 Å². The van der Waals surface area contributed by atoms with Gasteiger partial charge in [-0.15, -0.1) is 0 Å². The lowest BCUT2D eigenvalue weighted by Gasteiger charge is -2.16. The third-order valence-electron chi connectivity index (χ3n) is 3.70. The lowest BCUT2D eigenvalue weighted by molar-refractivity contribution is -0.142. The zero-order chi connectivity index (χ0) is 12.8. The van der Waals surface area contributed by atoms with Gasteiger partial charge in [-0.1, -0.05) is 12.5 Å². The van der Waals surface area contributed by atoms with E-state index in [1.807, 2.05) is 12.3 Å². The second-order valence-corrected chi connectivity index (χ2v) is 4.95. The first kappa shape index (κ1) is 13.0. The van der Waals surface area contributed by atoms with Crippen molar-refractivity contribution in [3.05, 3.63) is 30.1 Å². The van der Waals surface area contributed by atoms with Crippen LogP contribution >= 0.6 is 0 Å². The summed E-state index contributed by atoms with van der Waals surface area (Å²) in [4.78, 5) is 15.1. The number of rotatable bonds is 6. The maximum Gasteiger partial charge on any atom is 0.306 e. The number of pyridine rings is 1. The van der Waals surface area contributed by atoms with Crippen LogP contribution in [-0.2, 0) is 11.2 Å². The molecule has 2 unspecified atom stereocenters. The predicted molar refractivity (Wildman–Crippen MR) is 69.3 cm³/mol. The Kier molecular flexibility index (Phi) is 4.70. The number of aliphatic carboxylic acids is 1. The second kappa shape index (κ2) is 6.50. The van der Waals surface area contributed by atoms with Crippen LogP contribution in [0.4, 0.5) is 0 Å². The van der Waals surface area contributed by atoms with E-state index < -0.39 is 5.97 Å². The number of carboxylic acids is 1. The Balaban J connectivity index is 1.68. The smallest absolute Gasteiger partial charge is 0.306 e. The van der Waals surface area contributed by atoms with Crippen LogP contribution in [0, 0.1) is 11.8 Å². The van der Waals surface area contributed by atoms with Crippen molar-refractivity contribution in [1.29, 1.82) is 0 Å². The molecule has 98 valence electrons. The van der Waals surface area contributed by atoms with Crippen molar-refractivity contribution < 1.29 is 9.90 Å².